The van der Waals surface area contributed by atoms with Crippen LogP contribution in [0.5, 0.6) is 0 Å². The van der Waals surface area contributed by atoms with E-state index < -0.39 is 15.9 Å². The van der Waals surface area contributed by atoms with Crippen molar-refractivity contribution in [2.45, 2.75) is 38.6 Å². The van der Waals surface area contributed by atoms with Gasteiger partial charge in [0.25, 0.3) is 11.8 Å². The zero-order valence-electron chi connectivity index (χ0n) is 22.0. The second-order valence-electron chi connectivity index (χ2n) is 9.18. The molecule has 0 fully saturated rings. The van der Waals surface area contributed by atoms with Gasteiger partial charge in [0, 0.05) is 54.7 Å². The molecule has 4 rings (SSSR count). The van der Waals surface area contributed by atoms with Crippen molar-refractivity contribution in [2.75, 3.05) is 31.5 Å². The summed E-state index contributed by atoms with van der Waals surface area (Å²) in [5.74, 6) is -0.763. The number of rotatable bonds is 10. The Morgan fingerprint density at radius 1 is 1.15 bits per heavy atom. The monoisotopic (exact) mass is 569 g/mol. The quantitative estimate of drug-likeness (QED) is 0.319. The van der Waals surface area contributed by atoms with Crippen LogP contribution in [-0.4, -0.2) is 77.8 Å². The Hall–Kier alpha value is -3.52. The second kappa shape index (κ2) is 11.7. The van der Waals surface area contributed by atoms with Crippen molar-refractivity contribution in [1.29, 1.82) is 10.8 Å². The van der Waals surface area contributed by atoms with Gasteiger partial charge in [0.1, 0.15) is 5.00 Å². The molecule has 0 spiro atoms. The van der Waals surface area contributed by atoms with Crippen LogP contribution in [-0.2, 0) is 23.0 Å². The minimum absolute atomic E-state index is 0.0469. The number of thiophene rings is 1. The molecule has 0 atom stereocenters. The van der Waals surface area contributed by atoms with Gasteiger partial charge in [0.15, 0.2) is 0 Å². The van der Waals surface area contributed by atoms with Crippen LogP contribution in [0.25, 0.3) is 0 Å². The Morgan fingerprint density at radius 2 is 1.82 bits per heavy atom. The van der Waals surface area contributed by atoms with E-state index in [0.29, 0.717) is 29.2 Å². The summed E-state index contributed by atoms with van der Waals surface area (Å²) in [5.41, 5.74) is 3.03. The number of aromatic nitrogens is 2. The van der Waals surface area contributed by atoms with Crippen LogP contribution in [0.3, 0.4) is 0 Å². The first-order valence-electron chi connectivity index (χ1n) is 12.4. The van der Waals surface area contributed by atoms with E-state index in [1.807, 2.05) is 19.9 Å². The lowest BCUT2D eigenvalue weighted by Crippen LogP contribution is -2.34. The Morgan fingerprint density at radius 3 is 2.38 bits per heavy atom. The van der Waals surface area contributed by atoms with Gasteiger partial charge in [-0.25, -0.2) is 13.1 Å². The highest BCUT2D eigenvalue weighted by Crippen LogP contribution is 2.38. The van der Waals surface area contributed by atoms with Crippen molar-refractivity contribution >= 4 is 50.6 Å². The number of nitrogens with zero attached hydrogens (tertiary/aromatic N) is 4. The van der Waals surface area contributed by atoms with Crippen LogP contribution in [0.2, 0.25) is 0 Å². The lowest BCUT2D eigenvalue weighted by atomic mass is 10.0. The predicted molar refractivity (Wildman–Crippen MR) is 151 cm³/mol. The lowest BCUT2D eigenvalue weighted by molar-refractivity contribution is 0.0942. The first-order valence-corrected chi connectivity index (χ1v) is 14.7. The van der Waals surface area contributed by atoms with Gasteiger partial charge in [-0.2, -0.15) is 9.40 Å². The van der Waals surface area contributed by atoms with E-state index in [1.54, 1.807) is 0 Å². The van der Waals surface area contributed by atoms with E-state index in [2.05, 4.69) is 22.2 Å². The van der Waals surface area contributed by atoms with E-state index in [4.69, 9.17) is 10.8 Å². The van der Waals surface area contributed by atoms with Crippen molar-refractivity contribution in [1.82, 2.24) is 19.0 Å². The highest BCUT2D eigenvalue weighted by molar-refractivity contribution is 7.89. The molecule has 13 heteroatoms. The Kier molecular flexibility index (Phi) is 8.54. The number of aryl methyl sites for hydroxylation is 2. The summed E-state index contributed by atoms with van der Waals surface area (Å²) in [6, 6.07) is 7.29. The second-order valence-corrected chi connectivity index (χ2v) is 12.2. The average Bonchev–Trinajstić information content (AvgIpc) is 3.45. The number of fused-ring (bicyclic) bond motifs is 1. The molecular weight excluding hydrogens is 538 g/mol. The molecule has 1 amide bonds. The molecule has 3 aromatic rings. The fourth-order valence-corrected chi connectivity index (χ4v) is 7.15. The Bertz CT molecular complexity index is 1510. The number of hydrogen-bond donors (Lipinski definition) is 3. The first kappa shape index (κ1) is 28.5. The van der Waals surface area contributed by atoms with Crippen molar-refractivity contribution in [3.63, 3.8) is 0 Å². The maximum atomic E-state index is 13.7. The molecule has 0 bridgehead atoms. The van der Waals surface area contributed by atoms with Gasteiger partial charge in [-0.05, 0) is 62.7 Å². The summed E-state index contributed by atoms with van der Waals surface area (Å²) >= 11 is 1.38. The lowest BCUT2D eigenvalue weighted by Gasteiger charge is -2.25. The molecule has 206 valence electrons. The fraction of sp³-hybridized carbons (Fsp3) is 0.346. The van der Waals surface area contributed by atoms with Gasteiger partial charge < -0.3 is 16.1 Å². The van der Waals surface area contributed by atoms with Crippen molar-refractivity contribution in [3.05, 3.63) is 63.3 Å². The number of benzene rings is 1. The zero-order chi connectivity index (χ0) is 28.3. The van der Waals surface area contributed by atoms with Gasteiger partial charge in [-0.3, -0.25) is 14.5 Å². The minimum Gasteiger partial charge on any atom is -0.313 e. The molecule has 11 nitrogen and oxygen atoms in total. The molecule has 0 saturated carbocycles. The normalized spacial score (nSPS) is 13.7. The Balaban J connectivity index is 1.65. The zero-order valence-corrected chi connectivity index (χ0v) is 23.7. The standard InChI is InChI=1S/C26H31N7O4S2/c1-4-31-12-9-21-22(16-31)38-25(23(21)26(35)33-18(3)15-17(2)30-33)29-24(34)19-5-7-20(8-6-19)39(36,37)32(13-10-27)14-11-28/h5-8,10-11,15,27-28H,4,9,12-14,16H2,1-3H3,(H,29,34). The van der Waals surface area contributed by atoms with Crippen molar-refractivity contribution < 1.29 is 18.0 Å². The van der Waals surface area contributed by atoms with E-state index in [-0.39, 0.29) is 29.5 Å². The molecule has 0 saturated heterocycles. The van der Waals surface area contributed by atoms with Crippen LogP contribution < -0.4 is 5.32 Å². The number of sulfonamides is 1. The van der Waals surface area contributed by atoms with Crippen molar-refractivity contribution in [3.8, 4) is 0 Å². The molecule has 39 heavy (non-hydrogen) atoms. The van der Waals surface area contributed by atoms with E-state index in [9.17, 15) is 18.0 Å². The summed E-state index contributed by atoms with van der Waals surface area (Å²) < 4.78 is 28.2. The number of likely N-dealkylation sites (N-methyl/N-ethyl adjacent to an activating group) is 1. The highest BCUT2D eigenvalue weighted by atomic mass is 32.2. The van der Waals surface area contributed by atoms with Gasteiger partial charge in [-0.1, -0.05) is 6.92 Å². The largest absolute Gasteiger partial charge is 0.313 e. The molecule has 0 unspecified atom stereocenters. The van der Waals surface area contributed by atoms with Crippen LogP contribution in [0.1, 0.15) is 49.5 Å². The molecule has 3 heterocycles. The number of carbonyl (C=O) groups excluding carboxylic acids is 2. The third-order valence-electron chi connectivity index (χ3n) is 6.57. The number of nitrogens with one attached hydrogen (secondary N) is 3. The maximum Gasteiger partial charge on any atom is 0.281 e. The summed E-state index contributed by atoms with van der Waals surface area (Å²) in [4.78, 5) is 30.2. The smallest absolute Gasteiger partial charge is 0.281 e. The number of carbonyl (C=O) groups is 2. The topological polar surface area (TPSA) is 152 Å². The molecule has 0 radical (unpaired) electrons. The third-order valence-corrected chi connectivity index (χ3v) is 9.55. The SMILES string of the molecule is CCN1CCc2c(sc(NC(=O)c3ccc(S(=O)(=O)N(CC=N)CC=N)cc3)c2C(=O)n2nc(C)cc2C)C1. The van der Waals surface area contributed by atoms with E-state index in [0.717, 1.165) is 46.0 Å². The summed E-state index contributed by atoms with van der Waals surface area (Å²) in [7, 11) is -3.95. The van der Waals surface area contributed by atoms with Crippen LogP contribution in [0, 0.1) is 24.7 Å². The molecule has 3 N–H and O–H groups in total. The molecule has 1 aliphatic heterocycles. The summed E-state index contributed by atoms with van der Waals surface area (Å²) in [6.07, 6.45) is 2.59. The fourth-order valence-electron chi connectivity index (χ4n) is 4.56. The predicted octanol–water partition coefficient (Wildman–Crippen LogP) is 3.17. The third kappa shape index (κ3) is 5.76. The minimum atomic E-state index is -3.95. The Labute approximate surface area is 231 Å². The first-order chi connectivity index (χ1) is 18.6. The number of hydrogen-bond acceptors (Lipinski definition) is 9. The van der Waals surface area contributed by atoms with Gasteiger partial charge in [-0.15, -0.1) is 11.3 Å². The van der Waals surface area contributed by atoms with Crippen LogP contribution in [0.4, 0.5) is 5.00 Å². The van der Waals surface area contributed by atoms with Crippen LogP contribution in [0.15, 0.2) is 35.2 Å². The molecule has 1 aliphatic rings. The maximum absolute atomic E-state index is 13.7. The molecule has 2 aromatic heterocycles. The van der Waals surface area contributed by atoms with Gasteiger partial charge in [0.05, 0.1) is 16.2 Å². The highest BCUT2D eigenvalue weighted by Gasteiger charge is 2.30. The summed E-state index contributed by atoms with van der Waals surface area (Å²) in [5, 5.41) is 22.2. The molecule has 1 aromatic carbocycles. The van der Waals surface area contributed by atoms with Gasteiger partial charge >= 0.3 is 0 Å². The average molecular weight is 570 g/mol. The summed E-state index contributed by atoms with van der Waals surface area (Å²) in [6.45, 7) is 7.78. The molecular formula is C26H31N7O4S2. The van der Waals surface area contributed by atoms with Crippen molar-refractivity contribution in [2.24, 2.45) is 0 Å². The van der Waals surface area contributed by atoms with E-state index in [1.165, 1.54) is 40.3 Å². The number of amides is 1. The number of anilines is 1. The van der Waals surface area contributed by atoms with E-state index >= 15 is 0 Å². The van der Waals surface area contributed by atoms with Crippen LogP contribution >= 0.6 is 11.3 Å². The van der Waals surface area contributed by atoms with Gasteiger partial charge in [0.2, 0.25) is 10.0 Å². The molecule has 0 aliphatic carbocycles.